The molecule has 0 bridgehead atoms. The molecule has 1 saturated heterocycles. The molecule has 7 nitrogen and oxygen atoms in total. The second-order valence-corrected chi connectivity index (χ2v) is 10.4. The minimum atomic E-state index is -3.55. The van der Waals surface area contributed by atoms with Crippen LogP contribution >= 0.6 is 0 Å². The Bertz CT molecular complexity index is 812. The normalized spacial score (nSPS) is 27.9. The van der Waals surface area contributed by atoms with Crippen molar-refractivity contribution in [2.45, 2.75) is 50.2 Å². The van der Waals surface area contributed by atoms with E-state index < -0.39 is 10.2 Å². The lowest BCUT2D eigenvalue weighted by atomic mass is 9.82. The third kappa shape index (κ3) is 6.00. The predicted molar refractivity (Wildman–Crippen MR) is 113 cm³/mol. The Labute approximate surface area is 178 Å². The molecule has 168 valence electrons. The van der Waals surface area contributed by atoms with Gasteiger partial charge in [0.05, 0.1) is 12.7 Å². The molecule has 1 aromatic carbocycles. The Morgan fingerprint density at radius 3 is 2.60 bits per heavy atom. The van der Waals surface area contributed by atoms with E-state index in [0.717, 1.165) is 42.0 Å². The van der Waals surface area contributed by atoms with Crippen LogP contribution in [0.5, 0.6) is 0 Å². The summed E-state index contributed by atoms with van der Waals surface area (Å²) in [5.41, 5.74) is 1.04. The molecule has 2 aliphatic rings. The van der Waals surface area contributed by atoms with E-state index in [9.17, 15) is 17.6 Å². The largest absolute Gasteiger partial charge is 0.378 e. The maximum absolute atomic E-state index is 13.5. The van der Waals surface area contributed by atoms with Crippen LogP contribution in [0, 0.1) is 11.7 Å². The van der Waals surface area contributed by atoms with Crippen LogP contribution in [-0.2, 0) is 19.7 Å². The molecular weight excluding hydrogens is 409 g/mol. The first-order valence-electron chi connectivity index (χ1n) is 10.5. The van der Waals surface area contributed by atoms with E-state index in [-0.39, 0.29) is 23.9 Å². The van der Waals surface area contributed by atoms with E-state index >= 15 is 0 Å². The van der Waals surface area contributed by atoms with Gasteiger partial charge in [-0.2, -0.15) is 17.4 Å². The van der Waals surface area contributed by atoms with Crippen LogP contribution in [0.4, 0.5) is 4.39 Å². The van der Waals surface area contributed by atoms with Crippen LogP contribution in [-0.4, -0.2) is 70.0 Å². The summed E-state index contributed by atoms with van der Waals surface area (Å²) in [5.74, 6) is 0.0502. The Morgan fingerprint density at radius 1 is 1.23 bits per heavy atom. The van der Waals surface area contributed by atoms with E-state index in [1.807, 2.05) is 6.07 Å². The molecule has 9 heteroatoms. The fraction of sp³-hybridized carbons (Fsp3) is 0.667. The number of hydrogen-bond acceptors (Lipinski definition) is 4. The summed E-state index contributed by atoms with van der Waals surface area (Å²) >= 11 is 0. The zero-order valence-corrected chi connectivity index (χ0v) is 18.5. The highest BCUT2D eigenvalue weighted by atomic mass is 32.2. The maximum atomic E-state index is 13.5. The number of benzene rings is 1. The van der Waals surface area contributed by atoms with Crippen molar-refractivity contribution < 1.29 is 22.3 Å². The van der Waals surface area contributed by atoms with Gasteiger partial charge in [-0.3, -0.25) is 4.79 Å². The molecule has 1 unspecified atom stereocenters. The monoisotopic (exact) mass is 441 g/mol. The molecule has 0 radical (unpaired) electrons. The highest BCUT2D eigenvalue weighted by Gasteiger charge is 2.33. The summed E-state index contributed by atoms with van der Waals surface area (Å²) in [7, 11) is -0.566. The Kier molecular flexibility index (Phi) is 7.84. The molecule has 0 spiro atoms. The molecule has 1 aliphatic carbocycles. The number of likely N-dealkylation sites (tertiary alicyclic amines) is 1. The molecule has 0 aromatic heterocycles. The predicted octanol–water partition coefficient (Wildman–Crippen LogP) is 2.11. The summed E-state index contributed by atoms with van der Waals surface area (Å²) in [4.78, 5) is 12.9. The molecule has 1 saturated carbocycles. The molecule has 2 atom stereocenters. The van der Waals surface area contributed by atoms with Crippen molar-refractivity contribution in [2.75, 3.05) is 33.8 Å². The number of carbonyl (C=O) groups excluding carboxylic acids is 1. The molecule has 1 N–H and O–H groups in total. The lowest BCUT2D eigenvalue weighted by Gasteiger charge is -2.38. The van der Waals surface area contributed by atoms with Gasteiger partial charge in [-0.05, 0) is 55.7 Å². The Hall–Kier alpha value is -1.55. The van der Waals surface area contributed by atoms with Gasteiger partial charge < -0.3 is 9.64 Å². The van der Waals surface area contributed by atoms with Gasteiger partial charge in [-0.25, -0.2) is 4.39 Å². The number of hydrogen-bond donors (Lipinski definition) is 1. The average Bonchev–Trinajstić information content (AvgIpc) is 2.73. The fourth-order valence-electron chi connectivity index (χ4n) is 4.36. The Morgan fingerprint density at radius 2 is 1.97 bits per heavy atom. The number of ether oxygens (including phenoxy) is 1. The van der Waals surface area contributed by atoms with Crippen molar-refractivity contribution in [3.05, 3.63) is 35.6 Å². The topological polar surface area (TPSA) is 79.0 Å². The highest BCUT2D eigenvalue weighted by molar-refractivity contribution is 7.87. The van der Waals surface area contributed by atoms with Crippen LogP contribution in [0.25, 0.3) is 0 Å². The number of carbonyl (C=O) groups is 1. The summed E-state index contributed by atoms with van der Waals surface area (Å²) in [5, 5.41) is 0. The second kappa shape index (κ2) is 10.2. The summed E-state index contributed by atoms with van der Waals surface area (Å²) < 4.78 is 48.1. The first kappa shape index (κ1) is 23.1. The van der Waals surface area contributed by atoms with Crippen molar-refractivity contribution in [3.8, 4) is 0 Å². The van der Waals surface area contributed by atoms with Crippen molar-refractivity contribution >= 4 is 16.6 Å². The van der Waals surface area contributed by atoms with Gasteiger partial charge in [0.2, 0.25) is 6.41 Å². The van der Waals surface area contributed by atoms with Gasteiger partial charge in [0.25, 0.3) is 10.2 Å². The minimum Gasteiger partial charge on any atom is -0.378 e. The number of amides is 1. The van der Waals surface area contributed by atoms with Crippen molar-refractivity contribution in [1.29, 1.82) is 0 Å². The van der Waals surface area contributed by atoms with E-state index in [1.54, 1.807) is 17.0 Å². The SMILES string of the molecule is CN(C)S(=O)(=O)NC1CCN(C=O)C[C@H]1CO[C@H]1CC[C@@H](c2cccc(F)c2)CC1. The van der Waals surface area contributed by atoms with Crippen LogP contribution in [0.2, 0.25) is 0 Å². The lowest BCUT2D eigenvalue weighted by molar-refractivity contribution is -0.121. The van der Waals surface area contributed by atoms with E-state index in [1.165, 1.54) is 20.2 Å². The zero-order chi connectivity index (χ0) is 21.7. The second-order valence-electron chi connectivity index (χ2n) is 8.52. The average molecular weight is 442 g/mol. The van der Waals surface area contributed by atoms with E-state index in [2.05, 4.69) is 4.72 Å². The van der Waals surface area contributed by atoms with Gasteiger partial charge in [0.15, 0.2) is 0 Å². The van der Waals surface area contributed by atoms with Crippen molar-refractivity contribution in [2.24, 2.45) is 5.92 Å². The number of piperidine rings is 1. The van der Waals surface area contributed by atoms with Gasteiger partial charge >= 0.3 is 0 Å². The number of nitrogens with zero attached hydrogens (tertiary/aromatic N) is 2. The van der Waals surface area contributed by atoms with Crippen LogP contribution < -0.4 is 4.72 Å². The van der Waals surface area contributed by atoms with Crippen LogP contribution in [0.3, 0.4) is 0 Å². The highest BCUT2D eigenvalue weighted by Crippen LogP contribution is 2.34. The first-order chi connectivity index (χ1) is 14.3. The van der Waals surface area contributed by atoms with Gasteiger partial charge in [-0.15, -0.1) is 0 Å². The molecule has 3 rings (SSSR count). The molecule has 30 heavy (non-hydrogen) atoms. The van der Waals surface area contributed by atoms with Crippen LogP contribution in [0.1, 0.15) is 43.6 Å². The van der Waals surface area contributed by atoms with E-state index in [4.69, 9.17) is 4.74 Å². The zero-order valence-electron chi connectivity index (χ0n) is 17.7. The third-order valence-electron chi connectivity index (χ3n) is 6.24. The lowest BCUT2D eigenvalue weighted by Crippen LogP contribution is -2.54. The molecule has 1 aliphatic heterocycles. The van der Waals surface area contributed by atoms with E-state index in [0.29, 0.717) is 32.0 Å². The number of halogens is 1. The third-order valence-corrected chi connectivity index (χ3v) is 7.80. The van der Waals surface area contributed by atoms with Gasteiger partial charge in [-0.1, -0.05) is 12.1 Å². The van der Waals surface area contributed by atoms with Crippen molar-refractivity contribution in [3.63, 3.8) is 0 Å². The van der Waals surface area contributed by atoms with Gasteiger partial charge in [0.1, 0.15) is 5.82 Å². The minimum absolute atomic E-state index is 0.0976. The molecule has 1 heterocycles. The molecule has 1 aromatic rings. The molecule has 2 fully saturated rings. The number of rotatable bonds is 8. The maximum Gasteiger partial charge on any atom is 0.279 e. The summed E-state index contributed by atoms with van der Waals surface area (Å²) in [6.45, 7) is 1.41. The number of nitrogens with one attached hydrogen (secondary N) is 1. The Balaban J connectivity index is 1.54. The molecular formula is C21H32FN3O4S. The van der Waals surface area contributed by atoms with Gasteiger partial charge in [0, 0.05) is 39.1 Å². The summed E-state index contributed by atoms with van der Waals surface area (Å²) in [6, 6.07) is 6.54. The van der Waals surface area contributed by atoms with Crippen LogP contribution in [0.15, 0.2) is 24.3 Å². The quantitative estimate of drug-likeness (QED) is 0.627. The smallest absolute Gasteiger partial charge is 0.279 e. The fourth-order valence-corrected chi connectivity index (χ4v) is 5.26. The summed E-state index contributed by atoms with van der Waals surface area (Å²) in [6.07, 6.45) is 5.14. The standard InChI is InChI=1S/C21H32FN3O4S/c1-24(2)30(27,28)23-21-10-11-25(15-26)13-18(21)14-29-20-8-6-16(7-9-20)17-4-3-5-19(22)12-17/h3-5,12,15-16,18,20-21,23H,6-11,13-14H2,1-2H3/t16-,18-,20+,21?/m0/s1. The van der Waals surface area contributed by atoms with Crippen molar-refractivity contribution in [1.82, 2.24) is 13.9 Å². The molecule has 1 amide bonds. The first-order valence-corrected chi connectivity index (χ1v) is 12.0.